The lowest BCUT2D eigenvalue weighted by Gasteiger charge is -2.20. The molecule has 1 saturated heterocycles. The molecule has 0 atom stereocenters. The van der Waals surface area contributed by atoms with Gasteiger partial charge >= 0.3 is 0 Å². The molecule has 1 aliphatic heterocycles. The Morgan fingerprint density at radius 1 is 1.44 bits per heavy atom. The van der Waals surface area contributed by atoms with Crippen molar-refractivity contribution in [2.45, 2.75) is 20.3 Å². The van der Waals surface area contributed by atoms with Crippen LogP contribution in [0, 0.1) is 10.8 Å². The average molecular weight is 219 g/mol. The number of nitrogen functional groups attached to an aromatic ring is 1. The van der Waals surface area contributed by atoms with Crippen molar-refractivity contribution in [1.29, 1.82) is 5.41 Å². The van der Waals surface area contributed by atoms with Crippen LogP contribution in [-0.2, 0) is 0 Å². The minimum atomic E-state index is -0.0409. The number of amidine groups is 1. The fourth-order valence-electron chi connectivity index (χ4n) is 1.93. The van der Waals surface area contributed by atoms with E-state index in [1.807, 2.05) is 0 Å². The van der Waals surface area contributed by atoms with E-state index >= 15 is 0 Å². The van der Waals surface area contributed by atoms with E-state index in [9.17, 15) is 0 Å². The van der Waals surface area contributed by atoms with E-state index in [2.05, 4.69) is 28.7 Å². The van der Waals surface area contributed by atoms with Crippen LogP contribution in [0.3, 0.4) is 0 Å². The topological polar surface area (TPSA) is 78.9 Å². The molecule has 5 heteroatoms. The predicted octanol–water partition coefficient (Wildman–Crippen LogP) is 0.997. The lowest BCUT2D eigenvalue weighted by atomic mass is 9.93. The molecule has 3 N–H and O–H groups in total. The molecular formula is C11H17N5. The summed E-state index contributed by atoms with van der Waals surface area (Å²) >= 11 is 0. The van der Waals surface area contributed by atoms with Gasteiger partial charge in [0.2, 0.25) is 0 Å². The van der Waals surface area contributed by atoms with Crippen LogP contribution in [0.1, 0.15) is 26.0 Å². The van der Waals surface area contributed by atoms with Gasteiger partial charge in [-0.15, -0.1) is 0 Å². The number of hydrogen-bond acceptors (Lipinski definition) is 4. The largest absolute Gasteiger partial charge is 0.382 e. The van der Waals surface area contributed by atoms with Crippen molar-refractivity contribution in [3.05, 3.63) is 18.1 Å². The molecule has 0 saturated carbocycles. The lowest BCUT2D eigenvalue weighted by molar-refractivity contribution is 0.418. The van der Waals surface area contributed by atoms with Gasteiger partial charge in [-0.2, -0.15) is 0 Å². The molecule has 16 heavy (non-hydrogen) atoms. The van der Waals surface area contributed by atoms with Crippen molar-refractivity contribution in [3.63, 3.8) is 0 Å². The Kier molecular flexibility index (Phi) is 2.53. The highest BCUT2D eigenvalue weighted by Crippen LogP contribution is 2.31. The highest BCUT2D eigenvalue weighted by atomic mass is 15.2. The van der Waals surface area contributed by atoms with Crippen LogP contribution in [0.15, 0.2) is 12.4 Å². The highest BCUT2D eigenvalue weighted by molar-refractivity contribution is 5.92. The Morgan fingerprint density at radius 3 is 2.62 bits per heavy atom. The van der Waals surface area contributed by atoms with Gasteiger partial charge in [-0.05, 0) is 11.8 Å². The van der Waals surface area contributed by atoms with E-state index in [-0.39, 0.29) is 5.84 Å². The second-order valence-corrected chi connectivity index (χ2v) is 5.01. The highest BCUT2D eigenvalue weighted by Gasteiger charge is 2.29. The molecule has 0 amide bonds. The second kappa shape index (κ2) is 3.73. The third kappa shape index (κ3) is 2.13. The Morgan fingerprint density at radius 2 is 2.19 bits per heavy atom. The molecule has 2 heterocycles. The molecule has 0 aromatic carbocycles. The quantitative estimate of drug-likeness (QED) is 0.574. The van der Waals surface area contributed by atoms with Gasteiger partial charge < -0.3 is 10.6 Å². The SMILES string of the molecule is CC1(C)CCN(c2cnc(C(=N)N)cn2)C1. The van der Waals surface area contributed by atoms with Crippen molar-refractivity contribution in [2.75, 3.05) is 18.0 Å². The van der Waals surface area contributed by atoms with Gasteiger partial charge in [0, 0.05) is 13.1 Å². The summed E-state index contributed by atoms with van der Waals surface area (Å²) in [6.07, 6.45) is 4.42. The van der Waals surface area contributed by atoms with Crippen LogP contribution >= 0.6 is 0 Å². The van der Waals surface area contributed by atoms with E-state index in [1.54, 1.807) is 12.4 Å². The van der Waals surface area contributed by atoms with Crippen LogP contribution in [-0.4, -0.2) is 28.9 Å². The Labute approximate surface area is 95.2 Å². The molecule has 1 aliphatic rings. The van der Waals surface area contributed by atoms with Gasteiger partial charge in [0.15, 0.2) is 0 Å². The maximum atomic E-state index is 7.24. The summed E-state index contributed by atoms with van der Waals surface area (Å²) in [6.45, 7) is 6.52. The summed E-state index contributed by atoms with van der Waals surface area (Å²) in [5, 5.41) is 7.24. The number of nitrogens with zero attached hydrogens (tertiary/aromatic N) is 3. The molecular weight excluding hydrogens is 202 g/mol. The van der Waals surface area contributed by atoms with Gasteiger partial charge in [-0.3, -0.25) is 5.41 Å². The first-order valence-electron chi connectivity index (χ1n) is 5.39. The zero-order valence-corrected chi connectivity index (χ0v) is 9.70. The van der Waals surface area contributed by atoms with E-state index in [0.717, 1.165) is 18.9 Å². The van der Waals surface area contributed by atoms with E-state index < -0.39 is 0 Å². The molecule has 5 nitrogen and oxygen atoms in total. The van der Waals surface area contributed by atoms with Crippen molar-refractivity contribution in [3.8, 4) is 0 Å². The summed E-state index contributed by atoms with van der Waals surface area (Å²) in [4.78, 5) is 10.6. The monoisotopic (exact) mass is 219 g/mol. The van der Waals surface area contributed by atoms with E-state index in [4.69, 9.17) is 11.1 Å². The second-order valence-electron chi connectivity index (χ2n) is 5.01. The maximum absolute atomic E-state index is 7.24. The molecule has 0 radical (unpaired) electrons. The molecule has 1 aromatic heterocycles. The summed E-state index contributed by atoms with van der Waals surface area (Å²) < 4.78 is 0. The molecule has 86 valence electrons. The van der Waals surface area contributed by atoms with Crippen LogP contribution in [0.2, 0.25) is 0 Å². The van der Waals surface area contributed by atoms with Gasteiger partial charge in [0.05, 0.1) is 12.4 Å². The molecule has 1 fully saturated rings. The first-order valence-corrected chi connectivity index (χ1v) is 5.39. The minimum absolute atomic E-state index is 0.0409. The van der Waals surface area contributed by atoms with Gasteiger partial charge in [-0.1, -0.05) is 13.8 Å². The van der Waals surface area contributed by atoms with Crippen molar-refractivity contribution < 1.29 is 0 Å². The van der Waals surface area contributed by atoms with Gasteiger partial charge in [-0.25, -0.2) is 9.97 Å². The normalized spacial score (nSPS) is 18.8. The summed E-state index contributed by atoms with van der Waals surface area (Å²) in [5.41, 5.74) is 6.11. The molecule has 2 rings (SSSR count). The first kappa shape index (κ1) is 10.9. The van der Waals surface area contributed by atoms with Gasteiger partial charge in [0.1, 0.15) is 17.3 Å². The summed E-state index contributed by atoms with van der Waals surface area (Å²) in [5.74, 6) is 0.830. The van der Waals surface area contributed by atoms with Crippen LogP contribution in [0.5, 0.6) is 0 Å². The summed E-state index contributed by atoms with van der Waals surface area (Å²) in [7, 11) is 0. The smallest absolute Gasteiger partial charge is 0.147 e. The Bertz CT molecular complexity index is 395. The van der Waals surface area contributed by atoms with Crippen molar-refractivity contribution >= 4 is 11.7 Å². The van der Waals surface area contributed by atoms with E-state index in [1.165, 1.54) is 6.42 Å². The minimum Gasteiger partial charge on any atom is -0.382 e. The number of nitrogens with one attached hydrogen (secondary N) is 1. The molecule has 0 spiro atoms. The average Bonchev–Trinajstić information content (AvgIpc) is 2.59. The summed E-state index contributed by atoms with van der Waals surface area (Å²) in [6, 6.07) is 0. The molecule has 0 aliphatic carbocycles. The zero-order valence-electron chi connectivity index (χ0n) is 9.70. The predicted molar refractivity (Wildman–Crippen MR) is 63.7 cm³/mol. The zero-order chi connectivity index (χ0) is 11.8. The van der Waals surface area contributed by atoms with Crippen LogP contribution in [0.4, 0.5) is 5.82 Å². The number of anilines is 1. The first-order chi connectivity index (χ1) is 7.48. The fraction of sp³-hybridized carbons (Fsp3) is 0.545. The molecule has 0 unspecified atom stereocenters. The van der Waals surface area contributed by atoms with E-state index in [0.29, 0.717) is 11.1 Å². The van der Waals surface area contributed by atoms with Crippen LogP contribution < -0.4 is 10.6 Å². The maximum Gasteiger partial charge on any atom is 0.147 e. The fourth-order valence-corrected chi connectivity index (χ4v) is 1.93. The number of nitrogens with two attached hydrogens (primary N) is 1. The number of hydrogen-bond donors (Lipinski definition) is 2. The third-order valence-corrected chi connectivity index (χ3v) is 2.92. The van der Waals surface area contributed by atoms with Gasteiger partial charge in [0.25, 0.3) is 0 Å². The molecule has 1 aromatic rings. The third-order valence-electron chi connectivity index (χ3n) is 2.92. The Balaban J connectivity index is 2.14. The standard InChI is InChI=1S/C11H17N5/c1-11(2)3-4-16(7-11)9-6-14-8(5-15-9)10(12)13/h5-6H,3-4,7H2,1-2H3,(H3,12,13). The van der Waals surface area contributed by atoms with Crippen molar-refractivity contribution in [1.82, 2.24) is 9.97 Å². The van der Waals surface area contributed by atoms with Crippen LogP contribution in [0.25, 0.3) is 0 Å². The number of aromatic nitrogens is 2. The van der Waals surface area contributed by atoms with Crippen molar-refractivity contribution in [2.24, 2.45) is 11.1 Å². The molecule has 0 bridgehead atoms. The lowest BCUT2D eigenvalue weighted by Crippen LogP contribution is -2.24. The Hall–Kier alpha value is -1.65. The number of rotatable bonds is 2.